The number of nitrogens with one attached hydrogen (secondary N) is 1. The Morgan fingerprint density at radius 1 is 1.09 bits per heavy atom. The van der Waals surface area contributed by atoms with Gasteiger partial charge >= 0.3 is 0 Å². The number of benzene rings is 1. The Hall–Kier alpha value is -2.69. The molecule has 0 spiro atoms. The van der Waals surface area contributed by atoms with Crippen LogP contribution in [0.2, 0.25) is 0 Å². The van der Waals surface area contributed by atoms with Crippen molar-refractivity contribution in [2.45, 2.75) is 32.2 Å². The lowest BCUT2D eigenvalue weighted by atomic mass is 10.1. The number of carbonyl (C=O) groups excluding carboxylic acids is 2. The average Bonchev–Trinajstić information content (AvgIpc) is 3.33. The Balaban J connectivity index is 1.64. The Morgan fingerprint density at radius 2 is 1.79 bits per heavy atom. The van der Waals surface area contributed by atoms with E-state index in [1.807, 2.05) is 13.8 Å². The smallest absolute Gasteiger partial charge is 0.254 e. The fourth-order valence-electron chi connectivity index (χ4n) is 3.81. The largest absolute Gasteiger partial charge is 0.468 e. The summed E-state index contributed by atoms with van der Waals surface area (Å²) in [6, 6.07) is 7.94. The summed E-state index contributed by atoms with van der Waals surface area (Å²) in [5.74, 6) is 0.389. The van der Waals surface area contributed by atoms with Crippen molar-refractivity contribution < 1.29 is 22.4 Å². The maximum Gasteiger partial charge on any atom is 0.254 e. The number of aryl methyl sites for hydroxylation is 1. The number of hydrogen-bond donors (Lipinski definition) is 1. The lowest BCUT2D eigenvalue weighted by Gasteiger charge is -2.35. The molecule has 1 saturated heterocycles. The van der Waals surface area contributed by atoms with E-state index in [2.05, 4.69) is 9.62 Å². The van der Waals surface area contributed by atoms with Crippen molar-refractivity contribution in [1.82, 2.24) is 19.4 Å². The molecule has 33 heavy (non-hydrogen) atoms. The summed E-state index contributed by atoms with van der Waals surface area (Å²) in [6.45, 7) is 9.61. The van der Waals surface area contributed by atoms with E-state index in [9.17, 15) is 18.0 Å². The summed E-state index contributed by atoms with van der Waals surface area (Å²) in [5.41, 5.74) is 1.08. The summed E-state index contributed by atoms with van der Waals surface area (Å²) in [4.78, 5) is 31.1. The van der Waals surface area contributed by atoms with Crippen molar-refractivity contribution in [3.63, 3.8) is 0 Å². The second-order valence-corrected chi connectivity index (χ2v) is 9.78. The molecular formula is C23H32N4O5S. The highest BCUT2D eigenvalue weighted by atomic mass is 32.2. The number of piperazine rings is 1. The second-order valence-electron chi connectivity index (χ2n) is 8.02. The van der Waals surface area contributed by atoms with Gasteiger partial charge in [0.1, 0.15) is 5.76 Å². The number of rotatable bonds is 9. The van der Waals surface area contributed by atoms with Crippen molar-refractivity contribution in [3.8, 4) is 0 Å². The van der Waals surface area contributed by atoms with Crippen LogP contribution in [-0.4, -0.2) is 80.7 Å². The number of carbonyl (C=O) groups is 2. The van der Waals surface area contributed by atoms with Gasteiger partial charge in [-0.1, -0.05) is 6.07 Å². The monoisotopic (exact) mass is 476 g/mol. The van der Waals surface area contributed by atoms with Crippen LogP contribution in [-0.2, 0) is 21.4 Å². The molecule has 0 unspecified atom stereocenters. The van der Waals surface area contributed by atoms with Gasteiger partial charge in [-0.25, -0.2) is 13.1 Å². The first kappa shape index (κ1) is 24.9. The summed E-state index contributed by atoms with van der Waals surface area (Å²) in [5, 5.41) is 0. The van der Waals surface area contributed by atoms with Crippen molar-refractivity contribution in [1.29, 1.82) is 0 Å². The number of likely N-dealkylation sites (N-methyl/N-ethyl adjacent to an activating group) is 1. The maximum atomic E-state index is 13.2. The molecule has 0 saturated carbocycles. The third-order valence-corrected chi connectivity index (χ3v) is 7.30. The van der Waals surface area contributed by atoms with Gasteiger partial charge in [-0.3, -0.25) is 14.5 Å². The van der Waals surface area contributed by atoms with Crippen molar-refractivity contribution in [2.24, 2.45) is 0 Å². The zero-order valence-corrected chi connectivity index (χ0v) is 20.2. The Labute approximate surface area is 195 Å². The molecule has 3 rings (SSSR count). The van der Waals surface area contributed by atoms with E-state index in [1.54, 1.807) is 34.9 Å². The van der Waals surface area contributed by atoms with E-state index in [1.165, 1.54) is 18.4 Å². The third kappa shape index (κ3) is 6.21. The Morgan fingerprint density at radius 3 is 2.39 bits per heavy atom. The van der Waals surface area contributed by atoms with Crippen LogP contribution in [0.5, 0.6) is 0 Å². The minimum atomic E-state index is -3.81. The first-order valence-corrected chi connectivity index (χ1v) is 12.7. The number of hydrogen-bond acceptors (Lipinski definition) is 6. The highest BCUT2D eigenvalue weighted by molar-refractivity contribution is 7.89. The minimum absolute atomic E-state index is 0.0284. The minimum Gasteiger partial charge on any atom is -0.468 e. The highest BCUT2D eigenvalue weighted by Crippen LogP contribution is 2.19. The van der Waals surface area contributed by atoms with E-state index in [0.29, 0.717) is 62.7 Å². The van der Waals surface area contributed by atoms with Crippen LogP contribution < -0.4 is 4.72 Å². The molecule has 2 amide bonds. The number of amides is 2. The molecule has 0 bridgehead atoms. The lowest BCUT2D eigenvalue weighted by molar-refractivity contribution is -0.132. The van der Waals surface area contributed by atoms with E-state index >= 15 is 0 Å². The van der Waals surface area contributed by atoms with Gasteiger partial charge in [0.25, 0.3) is 5.91 Å². The van der Waals surface area contributed by atoms with E-state index in [-0.39, 0.29) is 23.3 Å². The Bertz CT molecular complexity index is 1060. The zero-order chi connectivity index (χ0) is 24.0. The van der Waals surface area contributed by atoms with E-state index in [0.717, 1.165) is 0 Å². The molecule has 0 radical (unpaired) electrons. The molecule has 1 aromatic heterocycles. The van der Waals surface area contributed by atoms with Crippen LogP contribution in [0.1, 0.15) is 35.5 Å². The average molecular weight is 477 g/mol. The van der Waals surface area contributed by atoms with Gasteiger partial charge < -0.3 is 14.2 Å². The topological polar surface area (TPSA) is 103 Å². The van der Waals surface area contributed by atoms with E-state index in [4.69, 9.17) is 4.42 Å². The van der Waals surface area contributed by atoms with Gasteiger partial charge in [0.2, 0.25) is 15.9 Å². The maximum absolute atomic E-state index is 13.2. The summed E-state index contributed by atoms with van der Waals surface area (Å²) in [6.07, 6.45) is 1.48. The van der Waals surface area contributed by atoms with Gasteiger partial charge in [-0.15, -0.1) is 0 Å². The molecule has 1 aromatic carbocycles. The van der Waals surface area contributed by atoms with Crippen LogP contribution in [0.25, 0.3) is 0 Å². The molecule has 2 heterocycles. The summed E-state index contributed by atoms with van der Waals surface area (Å²) >= 11 is 0. The van der Waals surface area contributed by atoms with Gasteiger partial charge in [0.15, 0.2) is 0 Å². The van der Waals surface area contributed by atoms with Crippen molar-refractivity contribution in [3.05, 3.63) is 53.5 Å². The first-order valence-electron chi connectivity index (χ1n) is 11.2. The van der Waals surface area contributed by atoms with Crippen LogP contribution in [0, 0.1) is 6.92 Å². The molecule has 9 nitrogen and oxygen atoms in total. The quantitative estimate of drug-likeness (QED) is 0.591. The van der Waals surface area contributed by atoms with Crippen LogP contribution >= 0.6 is 0 Å². The van der Waals surface area contributed by atoms with E-state index < -0.39 is 10.0 Å². The van der Waals surface area contributed by atoms with Crippen LogP contribution in [0.3, 0.4) is 0 Å². The van der Waals surface area contributed by atoms with Gasteiger partial charge in [0, 0.05) is 44.8 Å². The molecule has 2 aromatic rings. The van der Waals surface area contributed by atoms with Gasteiger partial charge in [-0.05, 0) is 50.6 Å². The molecule has 1 fully saturated rings. The van der Waals surface area contributed by atoms with Gasteiger partial charge in [0.05, 0.1) is 24.2 Å². The molecule has 1 aliphatic rings. The van der Waals surface area contributed by atoms with Gasteiger partial charge in [-0.2, -0.15) is 0 Å². The van der Waals surface area contributed by atoms with Crippen molar-refractivity contribution >= 4 is 21.8 Å². The molecule has 1 N–H and O–H groups in total. The molecule has 0 aliphatic carbocycles. The molecule has 1 aliphatic heterocycles. The Kier molecular flexibility index (Phi) is 8.28. The number of nitrogens with zero attached hydrogens (tertiary/aromatic N) is 3. The summed E-state index contributed by atoms with van der Waals surface area (Å²) in [7, 11) is -3.81. The fourth-order valence-corrected chi connectivity index (χ4v) is 4.83. The molecule has 180 valence electrons. The predicted octanol–water partition coefficient (Wildman–Crippen LogP) is 1.69. The predicted molar refractivity (Wildman–Crippen MR) is 124 cm³/mol. The molecule has 10 heteroatoms. The van der Waals surface area contributed by atoms with Crippen molar-refractivity contribution in [2.75, 3.05) is 45.8 Å². The normalized spacial score (nSPS) is 14.9. The molecular weight excluding hydrogens is 444 g/mol. The second kappa shape index (κ2) is 11.0. The summed E-state index contributed by atoms with van der Waals surface area (Å²) < 4.78 is 33.1. The number of sulfonamides is 1. The third-order valence-electron chi connectivity index (χ3n) is 5.90. The lowest BCUT2D eigenvalue weighted by Crippen LogP contribution is -2.51. The van der Waals surface area contributed by atoms with Crippen LogP contribution in [0.4, 0.5) is 0 Å². The highest BCUT2D eigenvalue weighted by Gasteiger charge is 2.26. The van der Waals surface area contributed by atoms with Crippen LogP contribution in [0.15, 0.2) is 45.9 Å². The fraction of sp³-hybridized carbons (Fsp3) is 0.478. The zero-order valence-electron chi connectivity index (χ0n) is 19.4. The number of furan rings is 1. The standard InChI is InChI=1S/C23H32N4O5S/c1-4-26(5-2)22(28)17-25-10-12-27(13-11-25)23(29)21-15-20(9-8-18(21)3)33(30,31)24-16-19-7-6-14-32-19/h6-9,14-15,24H,4-5,10-13,16-17H2,1-3H3. The SMILES string of the molecule is CCN(CC)C(=O)CN1CCN(C(=O)c2cc(S(=O)(=O)NCc3ccco3)ccc2C)CC1. The molecule has 0 atom stereocenters. The first-order chi connectivity index (χ1) is 15.7.